The molecule has 1 aliphatic rings. The van der Waals surface area contributed by atoms with Crippen LogP contribution in [0.4, 0.5) is 0 Å². The molecule has 1 atom stereocenters. The lowest BCUT2D eigenvalue weighted by Crippen LogP contribution is -2.53. The Kier molecular flexibility index (Phi) is 2.90. The van der Waals surface area contributed by atoms with Gasteiger partial charge in [-0.25, -0.2) is 4.79 Å². The molecule has 0 saturated heterocycles. The van der Waals surface area contributed by atoms with E-state index in [9.17, 15) is 4.79 Å². The number of hydrogen-bond acceptors (Lipinski definition) is 4. The first-order valence-electron chi connectivity index (χ1n) is 5.15. The fourth-order valence-electron chi connectivity index (χ4n) is 1.86. The fraction of sp³-hybridized carbons (Fsp3) is 0.333. The summed E-state index contributed by atoms with van der Waals surface area (Å²) in [5.41, 5.74) is 0.363. The molecule has 0 bridgehead atoms. The van der Waals surface area contributed by atoms with E-state index in [1.165, 1.54) is 7.11 Å². The van der Waals surface area contributed by atoms with Crippen LogP contribution in [0.25, 0.3) is 0 Å². The van der Waals surface area contributed by atoms with Gasteiger partial charge in [0.1, 0.15) is 0 Å². The number of methoxy groups -OCH3 is 1. The van der Waals surface area contributed by atoms with Gasteiger partial charge in [0.2, 0.25) is 0 Å². The van der Waals surface area contributed by atoms with Crippen LogP contribution in [0.1, 0.15) is 5.56 Å². The maximum atomic E-state index is 11.8. The molecular formula is C12H14N2O2. The average molecular weight is 218 g/mol. The van der Waals surface area contributed by atoms with E-state index in [1.807, 2.05) is 30.3 Å². The highest BCUT2D eigenvalue weighted by Crippen LogP contribution is 2.18. The van der Waals surface area contributed by atoms with E-state index in [0.29, 0.717) is 13.0 Å². The van der Waals surface area contributed by atoms with Crippen molar-refractivity contribution in [1.29, 1.82) is 0 Å². The van der Waals surface area contributed by atoms with E-state index in [0.717, 1.165) is 5.56 Å². The predicted octanol–water partition coefficient (Wildman–Crippen LogP) is 0.772. The summed E-state index contributed by atoms with van der Waals surface area (Å²) in [5, 5.41) is 3.00. The fourth-order valence-corrected chi connectivity index (χ4v) is 1.86. The van der Waals surface area contributed by atoms with Crippen molar-refractivity contribution in [2.75, 3.05) is 13.7 Å². The van der Waals surface area contributed by atoms with Crippen LogP contribution < -0.4 is 5.32 Å². The van der Waals surface area contributed by atoms with Gasteiger partial charge >= 0.3 is 5.97 Å². The van der Waals surface area contributed by atoms with Gasteiger partial charge in [-0.3, -0.25) is 4.99 Å². The molecule has 0 fully saturated rings. The van der Waals surface area contributed by atoms with Crippen LogP contribution in [0, 0.1) is 0 Å². The number of ether oxygens (including phenoxy) is 1. The second kappa shape index (κ2) is 4.35. The van der Waals surface area contributed by atoms with Gasteiger partial charge in [0.25, 0.3) is 0 Å². The van der Waals surface area contributed by atoms with Crippen molar-refractivity contribution < 1.29 is 9.53 Å². The second-order valence-electron chi connectivity index (χ2n) is 3.85. The topological polar surface area (TPSA) is 50.7 Å². The van der Waals surface area contributed by atoms with Crippen molar-refractivity contribution in [2.45, 2.75) is 12.0 Å². The summed E-state index contributed by atoms with van der Waals surface area (Å²) < 4.78 is 4.83. The van der Waals surface area contributed by atoms with E-state index >= 15 is 0 Å². The minimum atomic E-state index is -0.726. The summed E-state index contributed by atoms with van der Waals surface area (Å²) in [6, 6.07) is 9.84. The molecule has 0 radical (unpaired) electrons. The predicted molar refractivity (Wildman–Crippen MR) is 61.4 cm³/mol. The van der Waals surface area contributed by atoms with Gasteiger partial charge in [0, 0.05) is 6.42 Å². The largest absolute Gasteiger partial charge is 0.467 e. The molecule has 4 nitrogen and oxygen atoms in total. The summed E-state index contributed by atoms with van der Waals surface area (Å²) in [4.78, 5) is 15.8. The Bertz CT molecular complexity index is 393. The molecule has 1 aliphatic heterocycles. The van der Waals surface area contributed by atoms with E-state index in [4.69, 9.17) is 4.74 Å². The third-order valence-corrected chi connectivity index (χ3v) is 2.72. The zero-order chi connectivity index (χ0) is 11.4. The summed E-state index contributed by atoms with van der Waals surface area (Å²) in [6.45, 7) is 0.425. The van der Waals surface area contributed by atoms with Gasteiger partial charge in [-0.1, -0.05) is 30.3 Å². The summed E-state index contributed by atoms with van der Waals surface area (Å²) >= 11 is 0. The van der Waals surface area contributed by atoms with Crippen molar-refractivity contribution in [1.82, 2.24) is 5.32 Å². The second-order valence-corrected chi connectivity index (χ2v) is 3.85. The SMILES string of the molecule is COC(=O)C1(Cc2ccccc2)CN=CN1. The highest BCUT2D eigenvalue weighted by Gasteiger charge is 2.41. The van der Waals surface area contributed by atoms with Gasteiger partial charge < -0.3 is 10.1 Å². The van der Waals surface area contributed by atoms with Crippen molar-refractivity contribution in [2.24, 2.45) is 4.99 Å². The highest BCUT2D eigenvalue weighted by atomic mass is 16.5. The maximum Gasteiger partial charge on any atom is 0.333 e. The molecule has 1 heterocycles. The summed E-state index contributed by atoms with van der Waals surface area (Å²) in [6.07, 6.45) is 2.15. The van der Waals surface area contributed by atoms with Crippen LogP contribution in [0.3, 0.4) is 0 Å². The van der Waals surface area contributed by atoms with Crippen molar-refractivity contribution >= 4 is 12.3 Å². The summed E-state index contributed by atoms with van der Waals surface area (Å²) in [5.74, 6) is -0.270. The van der Waals surface area contributed by atoms with Gasteiger partial charge in [-0.15, -0.1) is 0 Å². The Morgan fingerprint density at radius 1 is 1.50 bits per heavy atom. The molecule has 1 N–H and O–H groups in total. The van der Waals surface area contributed by atoms with E-state index in [1.54, 1.807) is 6.34 Å². The zero-order valence-corrected chi connectivity index (χ0v) is 9.14. The molecule has 16 heavy (non-hydrogen) atoms. The number of carbonyl (C=O) groups is 1. The lowest BCUT2D eigenvalue weighted by Gasteiger charge is -2.25. The Labute approximate surface area is 94.3 Å². The standard InChI is InChI=1S/C12H14N2O2/c1-16-11(15)12(8-13-9-14-12)7-10-5-3-2-4-6-10/h2-6,9H,7-8H2,1H3,(H,13,14). The number of rotatable bonds is 3. The molecular weight excluding hydrogens is 204 g/mol. The molecule has 2 rings (SSSR count). The molecule has 84 valence electrons. The van der Waals surface area contributed by atoms with Crippen LogP contribution in [-0.4, -0.2) is 31.5 Å². The number of nitrogens with zero attached hydrogens (tertiary/aromatic N) is 1. The van der Waals surface area contributed by atoms with Gasteiger partial charge in [0.15, 0.2) is 5.54 Å². The van der Waals surface area contributed by atoms with Crippen LogP contribution in [0.5, 0.6) is 0 Å². The van der Waals surface area contributed by atoms with E-state index in [-0.39, 0.29) is 5.97 Å². The monoisotopic (exact) mass is 218 g/mol. The Morgan fingerprint density at radius 3 is 2.81 bits per heavy atom. The molecule has 0 amide bonds. The lowest BCUT2D eigenvalue weighted by atomic mass is 9.91. The molecule has 0 aromatic heterocycles. The van der Waals surface area contributed by atoms with Crippen LogP contribution >= 0.6 is 0 Å². The lowest BCUT2D eigenvalue weighted by molar-refractivity contribution is -0.147. The first kappa shape index (κ1) is 10.7. The zero-order valence-electron chi connectivity index (χ0n) is 9.14. The minimum absolute atomic E-state index is 0.270. The van der Waals surface area contributed by atoms with Crippen LogP contribution in [-0.2, 0) is 16.0 Å². The number of nitrogens with one attached hydrogen (secondary N) is 1. The maximum absolute atomic E-state index is 11.8. The Morgan fingerprint density at radius 2 is 2.25 bits per heavy atom. The van der Waals surface area contributed by atoms with Crippen molar-refractivity contribution in [3.63, 3.8) is 0 Å². The molecule has 1 aromatic carbocycles. The van der Waals surface area contributed by atoms with E-state index < -0.39 is 5.54 Å². The quantitative estimate of drug-likeness (QED) is 0.762. The molecule has 0 spiro atoms. The number of benzene rings is 1. The number of carbonyl (C=O) groups excluding carboxylic acids is 1. The number of aliphatic imine (C=N–C) groups is 1. The summed E-state index contributed by atoms with van der Waals surface area (Å²) in [7, 11) is 1.40. The normalized spacial score (nSPS) is 22.8. The van der Waals surface area contributed by atoms with Crippen LogP contribution in [0.2, 0.25) is 0 Å². The van der Waals surface area contributed by atoms with E-state index in [2.05, 4.69) is 10.3 Å². The Balaban J connectivity index is 2.19. The van der Waals surface area contributed by atoms with Gasteiger partial charge in [0.05, 0.1) is 20.0 Å². The molecule has 0 aliphatic carbocycles. The third kappa shape index (κ3) is 1.91. The smallest absolute Gasteiger partial charge is 0.333 e. The van der Waals surface area contributed by atoms with Crippen molar-refractivity contribution in [3.8, 4) is 0 Å². The number of esters is 1. The highest BCUT2D eigenvalue weighted by molar-refractivity contribution is 5.86. The average Bonchev–Trinajstić information content (AvgIpc) is 2.79. The molecule has 4 heteroatoms. The van der Waals surface area contributed by atoms with Crippen molar-refractivity contribution in [3.05, 3.63) is 35.9 Å². The molecule has 1 aromatic rings. The van der Waals surface area contributed by atoms with Gasteiger partial charge in [-0.05, 0) is 5.56 Å². The first-order valence-corrected chi connectivity index (χ1v) is 5.15. The number of hydrogen-bond donors (Lipinski definition) is 1. The minimum Gasteiger partial charge on any atom is -0.467 e. The molecule has 0 saturated carbocycles. The van der Waals surface area contributed by atoms with Crippen LogP contribution in [0.15, 0.2) is 35.3 Å². The third-order valence-electron chi connectivity index (χ3n) is 2.72. The first-order chi connectivity index (χ1) is 7.77. The molecule has 1 unspecified atom stereocenters. The van der Waals surface area contributed by atoms with Gasteiger partial charge in [-0.2, -0.15) is 0 Å². The Hall–Kier alpha value is -1.84.